The predicted octanol–water partition coefficient (Wildman–Crippen LogP) is 2.06. The molecule has 8 heteroatoms. The monoisotopic (exact) mass is 299 g/mol. The lowest BCUT2D eigenvalue weighted by Gasteiger charge is -2.28. The Bertz CT molecular complexity index is 504. The van der Waals surface area contributed by atoms with Crippen LogP contribution in [-0.4, -0.2) is 33.2 Å². The maximum Gasteiger partial charge on any atom is 0.315 e. The van der Waals surface area contributed by atoms with E-state index in [0.717, 1.165) is 18.7 Å². The summed E-state index contributed by atoms with van der Waals surface area (Å²) in [4.78, 5) is 16.0. The largest absolute Gasteiger partial charge is 0.335 e. The molecule has 0 aromatic carbocycles. The van der Waals surface area contributed by atoms with E-state index in [1.807, 2.05) is 0 Å². The van der Waals surface area contributed by atoms with Crippen molar-refractivity contribution >= 4 is 6.03 Å². The molecule has 3 N–H and O–H groups in total. The number of hydrogen-bond donors (Lipinski definition) is 3. The van der Waals surface area contributed by atoms with E-state index in [0.29, 0.717) is 24.6 Å². The molecule has 1 heterocycles. The highest BCUT2D eigenvalue weighted by Gasteiger charge is 2.35. The van der Waals surface area contributed by atoms with Crippen LogP contribution >= 0.6 is 0 Å². The lowest BCUT2D eigenvalue weighted by Crippen LogP contribution is -2.44. The lowest BCUT2D eigenvalue weighted by atomic mass is 9.92. The van der Waals surface area contributed by atoms with Crippen LogP contribution in [0.2, 0.25) is 0 Å². The zero-order chi connectivity index (χ0) is 14.9. The average molecular weight is 299 g/mol. The maximum atomic E-state index is 13.0. The fourth-order valence-corrected chi connectivity index (χ4v) is 2.50. The van der Waals surface area contributed by atoms with E-state index >= 15 is 0 Å². The average Bonchev–Trinajstić information content (AvgIpc) is 3.18. The van der Waals surface area contributed by atoms with Crippen LogP contribution in [0, 0.1) is 0 Å². The molecular formula is C13H19F2N5O. The first kappa shape index (κ1) is 14.2. The first-order chi connectivity index (χ1) is 10.0. The Morgan fingerprint density at radius 1 is 1.29 bits per heavy atom. The molecule has 0 atom stereocenters. The Kier molecular flexibility index (Phi) is 3.77. The van der Waals surface area contributed by atoms with Crippen molar-refractivity contribution in [3.05, 3.63) is 11.6 Å². The number of H-pyrrole nitrogens is 1. The van der Waals surface area contributed by atoms with Crippen molar-refractivity contribution in [2.24, 2.45) is 0 Å². The van der Waals surface area contributed by atoms with Gasteiger partial charge in [-0.1, -0.05) is 0 Å². The quantitative estimate of drug-likeness (QED) is 0.796. The van der Waals surface area contributed by atoms with Gasteiger partial charge in [0.15, 0.2) is 5.82 Å². The predicted molar refractivity (Wildman–Crippen MR) is 70.9 cm³/mol. The number of hydrogen-bond acceptors (Lipinski definition) is 3. The molecule has 0 saturated heterocycles. The van der Waals surface area contributed by atoms with Crippen LogP contribution in [0.5, 0.6) is 0 Å². The third-order valence-corrected chi connectivity index (χ3v) is 3.96. The number of nitrogens with zero attached hydrogens (tertiary/aromatic N) is 2. The Morgan fingerprint density at radius 3 is 2.67 bits per heavy atom. The first-order valence-corrected chi connectivity index (χ1v) is 7.35. The molecule has 0 bridgehead atoms. The van der Waals surface area contributed by atoms with Gasteiger partial charge in [0.25, 0.3) is 0 Å². The maximum absolute atomic E-state index is 13.0. The summed E-state index contributed by atoms with van der Waals surface area (Å²) in [5.74, 6) is -0.690. The lowest BCUT2D eigenvalue weighted by molar-refractivity contribution is -0.0395. The topological polar surface area (TPSA) is 82.7 Å². The number of nitrogens with one attached hydrogen (secondary N) is 3. The molecule has 1 aromatic rings. The summed E-state index contributed by atoms with van der Waals surface area (Å²) in [6.07, 6.45) is 2.55. The minimum atomic E-state index is -2.58. The summed E-state index contributed by atoms with van der Waals surface area (Å²) in [7, 11) is 0. The highest BCUT2D eigenvalue weighted by Crippen LogP contribution is 2.37. The molecular weight excluding hydrogens is 280 g/mol. The van der Waals surface area contributed by atoms with Gasteiger partial charge >= 0.3 is 6.03 Å². The molecule has 1 aromatic heterocycles. The summed E-state index contributed by atoms with van der Waals surface area (Å²) in [6.45, 7) is 0.258. The summed E-state index contributed by atoms with van der Waals surface area (Å²) in [5, 5.41) is 12.3. The van der Waals surface area contributed by atoms with Gasteiger partial charge < -0.3 is 10.6 Å². The van der Waals surface area contributed by atoms with Crippen LogP contribution in [0.3, 0.4) is 0 Å². The van der Waals surface area contributed by atoms with E-state index in [4.69, 9.17) is 0 Å². The molecule has 2 amide bonds. The number of urea groups is 1. The highest BCUT2D eigenvalue weighted by atomic mass is 19.3. The number of halogens is 2. The second-order valence-electron chi connectivity index (χ2n) is 5.87. The first-order valence-electron chi connectivity index (χ1n) is 7.35. The van der Waals surface area contributed by atoms with Crippen LogP contribution in [0.25, 0.3) is 0 Å². The third-order valence-electron chi connectivity index (χ3n) is 3.96. The number of aromatic amines is 1. The molecule has 0 spiro atoms. The zero-order valence-electron chi connectivity index (χ0n) is 11.7. The molecule has 2 aliphatic carbocycles. The molecule has 2 fully saturated rings. The summed E-state index contributed by atoms with van der Waals surface area (Å²) >= 11 is 0. The van der Waals surface area contributed by atoms with Gasteiger partial charge in [-0.05, 0) is 25.7 Å². The van der Waals surface area contributed by atoms with Crippen LogP contribution in [0.15, 0.2) is 0 Å². The normalized spacial score (nSPS) is 22.0. The second kappa shape index (κ2) is 5.57. The standard InChI is InChI=1S/C13H19F2N5O/c14-13(15)5-3-9(4-6-13)17-12(21)16-7-10-18-11(20-19-10)8-1-2-8/h8-9H,1-7H2,(H2,16,17,21)(H,18,19,20). The molecule has 0 radical (unpaired) electrons. The molecule has 6 nitrogen and oxygen atoms in total. The van der Waals surface area contributed by atoms with Crippen LogP contribution < -0.4 is 10.6 Å². The minimum Gasteiger partial charge on any atom is -0.335 e. The number of amides is 2. The Labute approximate surface area is 121 Å². The van der Waals surface area contributed by atoms with Gasteiger partial charge in [-0.15, -0.1) is 0 Å². The van der Waals surface area contributed by atoms with Crippen LogP contribution in [0.1, 0.15) is 56.1 Å². The SMILES string of the molecule is O=C(NCc1nc(C2CC2)n[nH]1)NC1CCC(F)(F)CC1. The molecule has 2 saturated carbocycles. The van der Waals surface area contributed by atoms with E-state index in [2.05, 4.69) is 25.8 Å². The van der Waals surface area contributed by atoms with Crippen molar-refractivity contribution in [3.63, 3.8) is 0 Å². The summed E-state index contributed by atoms with van der Waals surface area (Å²) < 4.78 is 26.0. The Hall–Kier alpha value is -1.73. The number of alkyl halides is 2. The Morgan fingerprint density at radius 2 is 2.00 bits per heavy atom. The number of carbonyl (C=O) groups excluding carboxylic acids is 1. The smallest absolute Gasteiger partial charge is 0.315 e. The van der Waals surface area contributed by atoms with Gasteiger partial charge in [0.1, 0.15) is 5.82 Å². The Balaban J connectivity index is 1.39. The van der Waals surface area contributed by atoms with E-state index in [1.54, 1.807) is 0 Å². The van der Waals surface area contributed by atoms with Crippen molar-refractivity contribution in [2.45, 2.75) is 63.0 Å². The second-order valence-corrected chi connectivity index (χ2v) is 5.87. The minimum absolute atomic E-state index is 0.162. The van der Waals surface area contributed by atoms with Gasteiger partial charge in [0, 0.05) is 24.8 Å². The number of carbonyl (C=O) groups is 1. The van der Waals surface area contributed by atoms with Gasteiger partial charge in [0.2, 0.25) is 5.92 Å². The summed E-state index contributed by atoms with van der Waals surface area (Å²) in [6, 6.07) is -0.532. The fraction of sp³-hybridized carbons (Fsp3) is 0.769. The van der Waals surface area contributed by atoms with Gasteiger partial charge in [-0.3, -0.25) is 5.10 Å². The molecule has 2 aliphatic rings. The third kappa shape index (κ3) is 3.89. The molecule has 0 aliphatic heterocycles. The molecule has 116 valence electrons. The number of rotatable bonds is 4. The van der Waals surface area contributed by atoms with E-state index < -0.39 is 5.92 Å². The summed E-state index contributed by atoms with van der Waals surface area (Å²) in [5.41, 5.74) is 0. The van der Waals surface area contributed by atoms with Crippen LogP contribution in [-0.2, 0) is 6.54 Å². The van der Waals surface area contributed by atoms with Crippen molar-refractivity contribution in [3.8, 4) is 0 Å². The van der Waals surface area contributed by atoms with Crippen LogP contribution in [0.4, 0.5) is 13.6 Å². The van der Waals surface area contributed by atoms with Gasteiger partial charge in [-0.25, -0.2) is 18.6 Å². The van der Waals surface area contributed by atoms with Crippen molar-refractivity contribution in [2.75, 3.05) is 0 Å². The van der Waals surface area contributed by atoms with Crippen molar-refractivity contribution < 1.29 is 13.6 Å². The highest BCUT2D eigenvalue weighted by molar-refractivity contribution is 5.74. The number of aromatic nitrogens is 3. The van der Waals surface area contributed by atoms with Crippen molar-refractivity contribution in [1.82, 2.24) is 25.8 Å². The zero-order valence-corrected chi connectivity index (χ0v) is 11.7. The van der Waals surface area contributed by atoms with Gasteiger partial charge in [0.05, 0.1) is 6.54 Å². The molecule has 3 rings (SSSR count). The fourth-order valence-electron chi connectivity index (χ4n) is 2.50. The van der Waals surface area contributed by atoms with E-state index in [9.17, 15) is 13.6 Å². The van der Waals surface area contributed by atoms with Gasteiger partial charge in [-0.2, -0.15) is 5.10 Å². The molecule has 21 heavy (non-hydrogen) atoms. The van der Waals surface area contributed by atoms with E-state index in [1.165, 1.54) is 0 Å². The van der Waals surface area contributed by atoms with E-state index in [-0.39, 0.29) is 31.5 Å². The molecule has 0 unspecified atom stereocenters. The van der Waals surface area contributed by atoms with Crippen molar-refractivity contribution in [1.29, 1.82) is 0 Å².